The number of aliphatic hydroxyl groups excluding tert-OH is 1. The molecule has 2 rings (SSSR count). The van der Waals surface area contributed by atoms with Gasteiger partial charge in [-0.25, -0.2) is 9.97 Å². The monoisotopic (exact) mass is 255 g/mol. The molecule has 0 aromatic carbocycles. The Kier molecular flexibility index (Phi) is 3.91. The van der Waals surface area contributed by atoms with Gasteiger partial charge in [0.1, 0.15) is 10.8 Å². The van der Waals surface area contributed by atoms with Crippen molar-refractivity contribution in [2.24, 2.45) is 5.92 Å². The van der Waals surface area contributed by atoms with Gasteiger partial charge in [-0.15, -0.1) is 0 Å². The molecule has 17 heavy (non-hydrogen) atoms. The second kappa shape index (κ2) is 5.42. The van der Waals surface area contributed by atoms with Crippen molar-refractivity contribution in [3.05, 3.63) is 23.2 Å². The fourth-order valence-electron chi connectivity index (χ4n) is 1.90. The zero-order valence-corrected chi connectivity index (χ0v) is 10.1. The molecule has 2 heterocycles. The largest absolute Gasteiger partial charge is 0.396 e. The topological polar surface area (TPSA) is 66.3 Å². The van der Waals surface area contributed by atoms with Gasteiger partial charge in [-0.1, -0.05) is 11.6 Å². The lowest BCUT2D eigenvalue weighted by Crippen LogP contribution is -2.39. The lowest BCUT2D eigenvalue weighted by atomic mass is 9.98. The molecule has 5 nitrogen and oxygen atoms in total. The van der Waals surface area contributed by atoms with E-state index in [0.717, 1.165) is 12.8 Å². The number of amides is 1. The van der Waals surface area contributed by atoms with Crippen LogP contribution < -0.4 is 0 Å². The summed E-state index contributed by atoms with van der Waals surface area (Å²) in [6.07, 6.45) is 4.44. The van der Waals surface area contributed by atoms with Gasteiger partial charge in [0.25, 0.3) is 5.91 Å². The molecule has 0 spiro atoms. The van der Waals surface area contributed by atoms with Crippen LogP contribution in [0.3, 0.4) is 0 Å². The maximum atomic E-state index is 12.0. The highest BCUT2D eigenvalue weighted by atomic mass is 35.5. The molecule has 0 unspecified atom stereocenters. The van der Waals surface area contributed by atoms with Crippen molar-refractivity contribution >= 4 is 17.5 Å². The predicted molar refractivity (Wildman–Crippen MR) is 62.8 cm³/mol. The van der Waals surface area contributed by atoms with Crippen molar-refractivity contribution in [3.63, 3.8) is 0 Å². The van der Waals surface area contributed by atoms with E-state index >= 15 is 0 Å². The maximum Gasteiger partial charge on any atom is 0.274 e. The molecule has 1 aromatic rings. The van der Waals surface area contributed by atoms with E-state index in [4.69, 9.17) is 16.7 Å². The minimum atomic E-state index is -0.120. The summed E-state index contributed by atoms with van der Waals surface area (Å²) in [5, 5.41) is 9.30. The molecule has 1 aliphatic heterocycles. The molecule has 0 aliphatic carbocycles. The molecule has 1 N–H and O–H groups in total. The number of likely N-dealkylation sites (tertiary alicyclic amines) is 1. The Bertz CT molecular complexity index is 388. The minimum absolute atomic E-state index is 0.120. The van der Waals surface area contributed by atoms with E-state index in [2.05, 4.69) is 9.97 Å². The summed E-state index contributed by atoms with van der Waals surface area (Å²) in [5.74, 6) is 0.195. The van der Waals surface area contributed by atoms with E-state index in [9.17, 15) is 4.79 Å². The molecular weight excluding hydrogens is 242 g/mol. The normalized spacial score (nSPS) is 17.2. The number of rotatable bonds is 2. The fraction of sp³-hybridized carbons (Fsp3) is 0.545. The molecule has 6 heteroatoms. The first-order valence-corrected chi connectivity index (χ1v) is 5.96. The third kappa shape index (κ3) is 2.92. The number of nitrogens with zero attached hydrogens (tertiary/aromatic N) is 3. The van der Waals surface area contributed by atoms with Crippen LogP contribution in [-0.4, -0.2) is 45.6 Å². The van der Waals surface area contributed by atoms with Crippen LogP contribution in [0.1, 0.15) is 23.3 Å². The number of carbonyl (C=O) groups excluding carboxylic acids is 1. The van der Waals surface area contributed by atoms with Crippen molar-refractivity contribution in [2.45, 2.75) is 12.8 Å². The molecule has 1 amide bonds. The van der Waals surface area contributed by atoms with E-state index in [1.807, 2.05) is 0 Å². The van der Waals surface area contributed by atoms with Gasteiger partial charge >= 0.3 is 0 Å². The molecule has 0 saturated carbocycles. The van der Waals surface area contributed by atoms with Crippen molar-refractivity contribution in [1.29, 1.82) is 0 Å². The summed E-state index contributed by atoms with van der Waals surface area (Å²) in [4.78, 5) is 21.6. The Morgan fingerprint density at radius 3 is 2.65 bits per heavy atom. The van der Waals surface area contributed by atoms with E-state index in [1.54, 1.807) is 4.90 Å². The quantitative estimate of drug-likeness (QED) is 0.855. The van der Waals surface area contributed by atoms with Crippen molar-refractivity contribution in [1.82, 2.24) is 14.9 Å². The number of hydrogen-bond donors (Lipinski definition) is 1. The molecule has 92 valence electrons. The van der Waals surface area contributed by atoms with E-state index in [-0.39, 0.29) is 17.7 Å². The van der Waals surface area contributed by atoms with Crippen molar-refractivity contribution in [2.75, 3.05) is 19.7 Å². The molecule has 1 aromatic heterocycles. The SMILES string of the molecule is O=C(c1cnc(Cl)cn1)N1CCC(CO)CC1. The highest BCUT2D eigenvalue weighted by molar-refractivity contribution is 6.29. The highest BCUT2D eigenvalue weighted by Gasteiger charge is 2.23. The smallest absolute Gasteiger partial charge is 0.274 e. The zero-order chi connectivity index (χ0) is 12.3. The van der Waals surface area contributed by atoms with Crippen LogP contribution in [0, 0.1) is 5.92 Å². The summed E-state index contributed by atoms with van der Waals surface area (Å²) < 4.78 is 0. The van der Waals surface area contributed by atoms with Gasteiger partial charge in [-0.3, -0.25) is 4.79 Å². The van der Waals surface area contributed by atoms with Crippen LogP contribution in [0.4, 0.5) is 0 Å². The highest BCUT2D eigenvalue weighted by Crippen LogP contribution is 2.17. The number of aliphatic hydroxyl groups is 1. The molecule has 1 saturated heterocycles. The predicted octanol–water partition coefficient (Wildman–Crippen LogP) is 0.974. The number of halogens is 1. The van der Waals surface area contributed by atoms with Gasteiger partial charge in [0.2, 0.25) is 0 Å². The van der Waals surface area contributed by atoms with Crippen LogP contribution in [-0.2, 0) is 0 Å². The van der Waals surface area contributed by atoms with Gasteiger partial charge in [0.15, 0.2) is 0 Å². The van der Waals surface area contributed by atoms with Gasteiger partial charge in [0, 0.05) is 19.7 Å². The Morgan fingerprint density at radius 2 is 2.12 bits per heavy atom. The maximum absolute atomic E-state index is 12.0. The summed E-state index contributed by atoms with van der Waals surface area (Å²) in [7, 11) is 0. The third-order valence-electron chi connectivity index (χ3n) is 3.00. The van der Waals surface area contributed by atoms with Crippen LogP contribution >= 0.6 is 11.6 Å². The molecule has 0 radical (unpaired) electrons. The number of carbonyl (C=O) groups is 1. The Morgan fingerprint density at radius 1 is 1.41 bits per heavy atom. The van der Waals surface area contributed by atoms with Crippen LogP contribution in [0.5, 0.6) is 0 Å². The van der Waals surface area contributed by atoms with Crippen molar-refractivity contribution < 1.29 is 9.90 Å². The van der Waals surface area contributed by atoms with E-state index in [1.165, 1.54) is 12.4 Å². The fourth-order valence-corrected chi connectivity index (χ4v) is 2.00. The summed E-state index contributed by atoms with van der Waals surface area (Å²) in [5.41, 5.74) is 0.317. The van der Waals surface area contributed by atoms with Gasteiger partial charge in [0.05, 0.1) is 12.4 Å². The Hall–Kier alpha value is -1.20. The van der Waals surface area contributed by atoms with E-state index in [0.29, 0.717) is 24.7 Å². The lowest BCUT2D eigenvalue weighted by molar-refractivity contribution is 0.0644. The summed E-state index contributed by atoms with van der Waals surface area (Å²) in [6.45, 7) is 1.52. The minimum Gasteiger partial charge on any atom is -0.396 e. The first-order chi connectivity index (χ1) is 8.20. The van der Waals surface area contributed by atoms with Crippen molar-refractivity contribution in [3.8, 4) is 0 Å². The second-order valence-electron chi connectivity index (χ2n) is 4.14. The Labute approximate surface area is 104 Å². The molecule has 0 atom stereocenters. The second-order valence-corrected chi connectivity index (χ2v) is 4.53. The lowest BCUT2D eigenvalue weighted by Gasteiger charge is -2.30. The van der Waals surface area contributed by atoms with Crippen LogP contribution in [0.15, 0.2) is 12.4 Å². The average molecular weight is 256 g/mol. The first kappa shape index (κ1) is 12.3. The summed E-state index contributed by atoms with van der Waals surface area (Å²) >= 11 is 5.61. The molecule has 0 bridgehead atoms. The number of piperidine rings is 1. The number of aromatic nitrogens is 2. The van der Waals surface area contributed by atoms with Crippen LogP contribution in [0.25, 0.3) is 0 Å². The standard InChI is InChI=1S/C11H14ClN3O2/c12-10-6-13-9(5-14-10)11(17)15-3-1-8(7-16)2-4-15/h5-6,8,16H,1-4,7H2. The summed E-state index contributed by atoms with van der Waals surface area (Å²) in [6, 6.07) is 0. The van der Waals surface area contributed by atoms with Gasteiger partial charge < -0.3 is 10.0 Å². The van der Waals surface area contributed by atoms with Crippen LogP contribution in [0.2, 0.25) is 5.15 Å². The molecule has 1 aliphatic rings. The van der Waals surface area contributed by atoms with Gasteiger partial charge in [-0.05, 0) is 18.8 Å². The molecular formula is C11H14ClN3O2. The Balaban J connectivity index is 1.99. The zero-order valence-electron chi connectivity index (χ0n) is 9.34. The van der Waals surface area contributed by atoms with E-state index < -0.39 is 0 Å². The molecule has 1 fully saturated rings. The third-order valence-corrected chi connectivity index (χ3v) is 3.19. The van der Waals surface area contributed by atoms with Gasteiger partial charge in [-0.2, -0.15) is 0 Å². The average Bonchev–Trinajstić information content (AvgIpc) is 2.39. The number of hydrogen-bond acceptors (Lipinski definition) is 4. The first-order valence-electron chi connectivity index (χ1n) is 5.58.